The fourth-order valence-electron chi connectivity index (χ4n) is 2.93. The number of hydrogen-bond acceptors (Lipinski definition) is 5. The van der Waals surface area contributed by atoms with E-state index in [1.165, 1.54) is 6.08 Å². The molecule has 0 atom stereocenters. The Labute approximate surface area is 195 Å². The fraction of sp³-hybridized carbons (Fsp3) is 0.385. The Hall–Kier alpha value is -3.48. The van der Waals surface area contributed by atoms with Crippen molar-refractivity contribution in [2.75, 3.05) is 25.1 Å². The van der Waals surface area contributed by atoms with Crippen LogP contribution in [0, 0.1) is 0 Å². The van der Waals surface area contributed by atoms with E-state index in [4.69, 9.17) is 14.2 Å². The molecule has 0 spiro atoms. The van der Waals surface area contributed by atoms with Gasteiger partial charge in [-0.05, 0) is 54.8 Å². The summed E-state index contributed by atoms with van der Waals surface area (Å²) in [6.07, 6.45) is 4.50. The van der Waals surface area contributed by atoms with Gasteiger partial charge < -0.3 is 24.6 Å². The lowest BCUT2D eigenvalue weighted by atomic mass is 10.1. The van der Waals surface area contributed by atoms with E-state index in [-0.39, 0.29) is 18.3 Å². The lowest BCUT2D eigenvalue weighted by Crippen LogP contribution is -2.09. The van der Waals surface area contributed by atoms with Crippen LogP contribution >= 0.6 is 0 Å². The van der Waals surface area contributed by atoms with Gasteiger partial charge in [-0.3, -0.25) is 4.79 Å². The van der Waals surface area contributed by atoms with Crippen LogP contribution in [0.4, 0.5) is 5.69 Å². The minimum absolute atomic E-state index is 0.0169. The summed E-state index contributed by atoms with van der Waals surface area (Å²) >= 11 is 0. The van der Waals surface area contributed by atoms with E-state index in [0.29, 0.717) is 43.1 Å². The van der Waals surface area contributed by atoms with Crippen molar-refractivity contribution in [1.29, 1.82) is 0 Å². The predicted molar refractivity (Wildman–Crippen MR) is 129 cm³/mol. The summed E-state index contributed by atoms with van der Waals surface area (Å²) in [4.78, 5) is 22.8. The van der Waals surface area contributed by atoms with Gasteiger partial charge in [0, 0.05) is 18.5 Å². The number of unbranched alkanes of at least 4 members (excludes halogenated alkanes) is 1. The molecule has 0 fully saturated rings. The fourth-order valence-corrected chi connectivity index (χ4v) is 2.93. The van der Waals surface area contributed by atoms with Crippen LogP contribution in [0.3, 0.4) is 0 Å². The number of carboxylic acid groups (broad SMARTS) is 1. The van der Waals surface area contributed by atoms with Crippen LogP contribution in [0.25, 0.3) is 6.08 Å². The maximum atomic E-state index is 11.5. The first-order valence-electron chi connectivity index (χ1n) is 11.3. The first-order chi connectivity index (χ1) is 16.0. The Morgan fingerprint density at radius 2 is 1.70 bits per heavy atom. The smallest absolute Gasteiger partial charge is 0.371 e. The molecule has 0 aliphatic rings. The van der Waals surface area contributed by atoms with Crippen LogP contribution in [-0.2, 0) is 20.7 Å². The largest absolute Gasteiger partial charge is 0.490 e. The van der Waals surface area contributed by atoms with E-state index in [0.717, 1.165) is 24.1 Å². The number of amides is 1. The van der Waals surface area contributed by atoms with Gasteiger partial charge in [-0.15, -0.1) is 0 Å². The number of carbonyl (C=O) groups excluding carboxylic acids is 1. The standard InChI is InChI=1S/C26H33NO6/c1-4-7-15-32-23-17-20(18-24(26(29)30)31-6-3)10-13-22(23)33-16-14-19-8-11-21(12-9-19)27-25(28)5-2/h8-13,17-18H,4-7,14-16H2,1-3H3,(H,27,28)(H,29,30). The Balaban J connectivity index is 2.07. The molecular formula is C26H33NO6. The molecular weight excluding hydrogens is 422 g/mol. The van der Waals surface area contributed by atoms with Crippen molar-refractivity contribution in [3.05, 3.63) is 59.4 Å². The van der Waals surface area contributed by atoms with Crippen LogP contribution < -0.4 is 14.8 Å². The van der Waals surface area contributed by atoms with Crippen molar-refractivity contribution < 1.29 is 28.9 Å². The average molecular weight is 456 g/mol. The normalized spacial score (nSPS) is 11.1. The molecule has 1 amide bonds. The maximum absolute atomic E-state index is 11.5. The SMILES string of the molecule is CCCCOc1cc(C=C(OCC)C(=O)O)ccc1OCCc1ccc(NC(=O)CC)cc1. The third-order valence-electron chi connectivity index (χ3n) is 4.74. The second-order valence-corrected chi connectivity index (χ2v) is 7.35. The van der Waals surface area contributed by atoms with E-state index in [9.17, 15) is 14.7 Å². The minimum atomic E-state index is -1.12. The van der Waals surface area contributed by atoms with Crippen molar-refractivity contribution in [1.82, 2.24) is 0 Å². The molecule has 0 saturated heterocycles. The summed E-state index contributed by atoms with van der Waals surface area (Å²) in [5.41, 5.74) is 2.51. The van der Waals surface area contributed by atoms with Gasteiger partial charge >= 0.3 is 5.97 Å². The number of carbonyl (C=O) groups is 2. The topological polar surface area (TPSA) is 94.1 Å². The van der Waals surface area contributed by atoms with E-state index >= 15 is 0 Å². The van der Waals surface area contributed by atoms with Gasteiger partial charge in [0.15, 0.2) is 11.5 Å². The Bertz CT molecular complexity index is 936. The van der Waals surface area contributed by atoms with Crippen molar-refractivity contribution >= 4 is 23.6 Å². The summed E-state index contributed by atoms with van der Waals surface area (Å²) in [7, 11) is 0. The van der Waals surface area contributed by atoms with Crippen molar-refractivity contribution in [3.63, 3.8) is 0 Å². The molecule has 7 heteroatoms. The number of rotatable bonds is 14. The molecule has 2 aromatic rings. The van der Waals surface area contributed by atoms with Gasteiger partial charge in [-0.1, -0.05) is 38.5 Å². The summed E-state index contributed by atoms with van der Waals surface area (Å²) in [6, 6.07) is 13.0. The number of nitrogens with one attached hydrogen (secondary N) is 1. The summed E-state index contributed by atoms with van der Waals surface area (Å²) in [5.74, 6) is -0.0914. The quantitative estimate of drug-likeness (QED) is 0.228. The highest BCUT2D eigenvalue weighted by Gasteiger charge is 2.11. The second kappa shape index (κ2) is 13.8. The van der Waals surface area contributed by atoms with Gasteiger partial charge in [0.25, 0.3) is 0 Å². The molecule has 0 saturated carbocycles. The Morgan fingerprint density at radius 3 is 2.33 bits per heavy atom. The van der Waals surface area contributed by atoms with Gasteiger partial charge in [0.05, 0.1) is 19.8 Å². The van der Waals surface area contributed by atoms with Crippen molar-refractivity contribution in [3.8, 4) is 11.5 Å². The summed E-state index contributed by atoms with van der Waals surface area (Å²) < 4.78 is 17.1. The predicted octanol–water partition coefficient (Wildman–Crippen LogP) is 5.30. The Kier molecular flexibility index (Phi) is 10.8. The second-order valence-electron chi connectivity index (χ2n) is 7.35. The summed E-state index contributed by atoms with van der Waals surface area (Å²) in [5, 5.41) is 12.1. The van der Waals surface area contributed by atoms with Crippen LogP contribution in [0.1, 0.15) is 51.2 Å². The van der Waals surface area contributed by atoms with E-state index in [1.54, 1.807) is 25.1 Å². The number of hydrogen-bond donors (Lipinski definition) is 2. The molecule has 0 bridgehead atoms. The molecule has 178 valence electrons. The molecule has 0 aliphatic carbocycles. The molecule has 2 aromatic carbocycles. The molecule has 0 heterocycles. The van der Waals surface area contributed by atoms with Gasteiger partial charge in [0.2, 0.25) is 11.7 Å². The summed E-state index contributed by atoms with van der Waals surface area (Å²) in [6.45, 7) is 6.89. The number of aliphatic carboxylic acids is 1. The maximum Gasteiger partial charge on any atom is 0.371 e. The number of anilines is 1. The van der Waals surface area contributed by atoms with Crippen LogP contribution in [0.15, 0.2) is 48.2 Å². The number of benzene rings is 2. The van der Waals surface area contributed by atoms with Gasteiger partial charge in [-0.2, -0.15) is 0 Å². The molecule has 2 N–H and O–H groups in total. The van der Waals surface area contributed by atoms with Crippen LogP contribution in [-0.4, -0.2) is 36.8 Å². The van der Waals surface area contributed by atoms with Crippen molar-refractivity contribution in [2.24, 2.45) is 0 Å². The van der Waals surface area contributed by atoms with E-state index in [1.807, 2.05) is 31.2 Å². The van der Waals surface area contributed by atoms with Crippen LogP contribution in [0.5, 0.6) is 11.5 Å². The lowest BCUT2D eigenvalue weighted by Gasteiger charge is -2.14. The zero-order chi connectivity index (χ0) is 24.1. The lowest BCUT2D eigenvalue weighted by molar-refractivity contribution is -0.136. The third-order valence-corrected chi connectivity index (χ3v) is 4.74. The molecule has 33 heavy (non-hydrogen) atoms. The molecule has 2 rings (SSSR count). The third kappa shape index (κ3) is 8.88. The first kappa shape index (κ1) is 25.8. The average Bonchev–Trinajstić information content (AvgIpc) is 2.81. The zero-order valence-electron chi connectivity index (χ0n) is 19.6. The Morgan fingerprint density at radius 1 is 0.970 bits per heavy atom. The molecule has 7 nitrogen and oxygen atoms in total. The van der Waals surface area contributed by atoms with Crippen molar-refractivity contribution in [2.45, 2.75) is 46.5 Å². The highest BCUT2D eigenvalue weighted by molar-refractivity contribution is 5.90. The van der Waals surface area contributed by atoms with E-state index < -0.39 is 5.97 Å². The minimum Gasteiger partial charge on any atom is -0.490 e. The molecule has 0 radical (unpaired) electrons. The highest BCUT2D eigenvalue weighted by atomic mass is 16.5. The number of ether oxygens (including phenoxy) is 3. The van der Waals surface area contributed by atoms with E-state index in [2.05, 4.69) is 12.2 Å². The zero-order valence-corrected chi connectivity index (χ0v) is 19.6. The molecule has 0 aromatic heterocycles. The number of carboxylic acids is 1. The van der Waals surface area contributed by atoms with Gasteiger partial charge in [0.1, 0.15) is 0 Å². The first-order valence-corrected chi connectivity index (χ1v) is 11.3. The highest BCUT2D eigenvalue weighted by Crippen LogP contribution is 2.30. The molecule has 0 unspecified atom stereocenters. The monoisotopic (exact) mass is 455 g/mol. The van der Waals surface area contributed by atoms with Gasteiger partial charge in [-0.25, -0.2) is 4.79 Å². The molecule has 0 aliphatic heterocycles. The van der Waals surface area contributed by atoms with Crippen LogP contribution in [0.2, 0.25) is 0 Å².